The molecule has 0 fully saturated rings. The maximum absolute atomic E-state index is 11.0. The van der Waals surface area contributed by atoms with Gasteiger partial charge >= 0.3 is 12.0 Å². The van der Waals surface area contributed by atoms with Gasteiger partial charge in [-0.1, -0.05) is 30.3 Å². The summed E-state index contributed by atoms with van der Waals surface area (Å²) in [5, 5.41) is 12.3. The van der Waals surface area contributed by atoms with Crippen molar-refractivity contribution >= 4 is 11.9 Å². The van der Waals surface area contributed by atoms with Gasteiger partial charge in [0.05, 0.1) is 18.8 Å². The van der Waals surface area contributed by atoms with Gasteiger partial charge in [-0.3, -0.25) is 0 Å². The molecule has 3 rings (SSSR count). The number of nitrogens with zero attached hydrogens (tertiary/aromatic N) is 3. The van der Waals surface area contributed by atoms with Crippen LogP contribution in [0.4, 0.5) is 5.95 Å². The van der Waals surface area contributed by atoms with Crippen LogP contribution in [0, 0.1) is 0 Å². The average Bonchev–Trinajstić information content (AvgIpc) is 2.79. The summed E-state index contributed by atoms with van der Waals surface area (Å²) in [7, 11) is 0. The summed E-state index contributed by atoms with van der Waals surface area (Å²) in [6, 6.07) is 14.7. The minimum absolute atomic E-state index is 0.235. The number of ether oxygens (including phenoxy) is 2. The van der Waals surface area contributed by atoms with E-state index in [1.165, 1.54) is 0 Å². The van der Waals surface area contributed by atoms with Crippen molar-refractivity contribution in [2.75, 3.05) is 18.5 Å². The van der Waals surface area contributed by atoms with Crippen molar-refractivity contribution in [2.24, 2.45) is 0 Å². The van der Waals surface area contributed by atoms with E-state index >= 15 is 0 Å². The van der Waals surface area contributed by atoms with Crippen LogP contribution in [-0.4, -0.2) is 39.2 Å². The number of hydrogen-bond donors (Lipinski definition) is 2. The van der Waals surface area contributed by atoms with Crippen molar-refractivity contribution in [1.82, 2.24) is 15.0 Å². The molecule has 0 saturated heterocycles. The summed E-state index contributed by atoms with van der Waals surface area (Å²) in [4.78, 5) is 24.2. The number of aromatic nitrogens is 3. The summed E-state index contributed by atoms with van der Waals surface area (Å²) in [6.07, 6.45) is 3.05. The molecule has 0 saturated carbocycles. The normalized spacial score (nSPS) is 10.4. The maximum Gasteiger partial charge on any atom is 0.335 e. The Bertz CT molecular complexity index is 1040. The van der Waals surface area contributed by atoms with E-state index in [-0.39, 0.29) is 11.6 Å². The van der Waals surface area contributed by atoms with Crippen molar-refractivity contribution in [3.8, 4) is 11.8 Å². The average molecular weight is 434 g/mol. The fourth-order valence-electron chi connectivity index (χ4n) is 2.84. The van der Waals surface area contributed by atoms with Crippen LogP contribution in [0.15, 0.2) is 61.2 Å². The highest BCUT2D eigenvalue weighted by molar-refractivity contribution is 5.87. The Hall–Kier alpha value is -3.94. The fraction of sp³-hybridized carbons (Fsp3) is 0.250. The van der Waals surface area contributed by atoms with E-state index in [0.717, 1.165) is 23.3 Å². The highest BCUT2D eigenvalue weighted by Gasteiger charge is 2.10. The van der Waals surface area contributed by atoms with Crippen molar-refractivity contribution in [1.29, 1.82) is 0 Å². The number of carboxylic acid groups (broad SMARTS) is 1. The van der Waals surface area contributed by atoms with Crippen molar-refractivity contribution in [3.63, 3.8) is 0 Å². The summed E-state index contributed by atoms with van der Waals surface area (Å²) >= 11 is 0. The highest BCUT2D eigenvalue weighted by atomic mass is 16.5. The molecule has 0 spiro atoms. The molecule has 0 aliphatic carbocycles. The van der Waals surface area contributed by atoms with Gasteiger partial charge in [0.15, 0.2) is 0 Å². The number of hydrogen-bond acceptors (Lipinski definition) is 7. The lowest BCUT2D eigenvalue weighted by Crippen LogP contribution is -2.10. The monoisotopic (exact) mass is 434 g/mol. The van der Waals surface area contributed by atoms with E-state index in [4.69, 9.17) is 14.6 Å². The molecular weight excluding hydrogens is 408 g/mol. The van der Waals surface area contributed by atoms with Gasteiger partial charge in [0.2, 0.25) is 5.95 Å². The molecule has 0 aliphatic rings. The lowest BCUT2D eigenvalue weighted by atomic mass is 10.1. The van der Waals surface area contributed by atoms with E-state index in [0.29, 0.717) is 38.0 Å². The zero-order valence-electron chi connectivity index (χ0n) is 18.0. The van der Waals surface area contributed by atoms with E-state index < -0.39 is 5.97 Å². The van der Waals surface area contributed by atoms with Gasteiger partial charge in [0, 0.05) is 13.0 Å². The number of nitrogens with one attached hydrogen (secondary N) is 1. The zero-order chi connectivity index (χ0) is 22.8. The molecule has 166 valence electrons. The van der Waals surface area contributed by atoms with E-state index in [1.54, 1.807) is 24.3 Å². The molecule has 0 amide bonds. The van der Waals surface area contributed by atoms with Gasteiger partial charge in [-0.15, -0.1) is 6.58 Å². The zero-order valence-corrected chi connectivity index (χ0v) is 18.0. The molecule has 8 heteroatoms. The molecule has 0 unspecified atom stereocenters. The number of carbonyl (C=O) groups is 1. The first kappa shape index (κ1) is 22.7. The first-order valence-electron chi connectivity index (χ1n) is 10.3. The van der Waals surface area contributed by atoms with Crippen LogP contribution in [0.2, 0.25) is 0 Å². The first-order valence-corrected chi connectivity index (χ1v) is 10.3. The SMILES string of the molecule is C=CCCOc1ccc(CNc2nc(Cc3ccc(C(=O)O)cc3)nc(OCC)n2)cc1. The van der Waals surface area contributed by atoms with Crippen molar-refractivity contribution in [3.05, 3.63) is 83.7 Å². The van der Waals surface area contributed by atoms with Crippen LogP contribution in [0.1, 0.15) is 40.7 Å². The molecule has 0 atom stereocenters. The second kappa shape index (κ2) is 11.5. The molecule has 0 aliphatic heterocycles. The molecule has 3 aromatic rings. The Morgan fingerprint density at radius 3 is 2.41 bits per heavy atom. The minimum atomic E-state index is -0.960. The Balaban J connectivity index is 1.67. The molecule has 0 bridgehead atoms. The molecule has 8 nitrogen and oxygen atoms in total. The fourth-order valence-corrected chi connectivity index (χ4v) is 2.84. The molecular formula is C24H26N4O4. The van der Waals surface area contributed by atoms with Crippen LogP contribution >= 0.6 is 0 Å². The first-order chi connectivity index (χ1) is 15.6. The van der Waals surface area contributed by atoms with Gasteiger partial charge in [-0.05, 0) is 48.7 Å². The molecule has 2 N–H and O–H groups in total. The minimum Gasteiger partial charge on any atom is -0.493 e. The summed E-state index contributed by atoms with van der Waals surface area (Å²) in [5.41, 5.74) is 2.17. The van der Waals surface area contributed by atoms with E-state index in [9.17, 15) is 4.79 Å². The number of rotatable bonds is 12. The second-order valence-electron chi connectivity index (χ2n) is 6.89. The van der Waals surface area contributed by atoms with Gasteiger partial charge in [-0.25, -0.2) is 4.79 Å². The molecule has 1 aromatic heterocycles. The highest BCUT2D eigenvalue weighted by Crippen LogP contribution is 2.16. The van der Waals surface area contributed by atoms with Crippen molar-refractivity contribution in [2.45, 2.75) is 26.3 Å². The smallest absolute Gasteiger partial charge is 0.335 e. The third-order valence-electron chi connectivity index (χ3n) is 4.46. The number of benzene rings is 2. The summed E-state index contributed by atoms with van der Waals surface area (Å²) < 4.78 is 11.1. The van der Waals surface area contributed by atoms with Crippen LogP contribution in [0.3, 0.4) is 0 Å². The van der Waals surface area contributed by atoms with Gasteiger partial charge < -0.3 is 19.9 Å². The quantitative estimate of drug-likeness (QED) is 0.324. The van der Waals surface area contributed by atoms with Crippen molar-refractivity contribution < 1.29 is 19.4 Å². The standard InChI is InChI=1S/C24H26N4O4/c1-3-5-14-32-20-12-8-18(9-13-20)16-25-23-26-21(27-24(28-23)31-4-2)15-17-6-10-19(11-7-17)22(29)30/h3,6-13H,1,4-5,14-16H2,2H3,(H,29,30)(H,25,26,27,28). The van der Waals surface area contributed by atoms with Crippen LogP contribution in [0.5, 0.6) is 11.8 Å². The van der Waals surface area contributed by atoms with Gasteiger partial charge in [0.25, 0.3) is 0 Å². The van der Waals surface area contributed by atoms with Crippen LogP contribution < -0.4 is 14.8 Å². The third kappa shape index (κ3) is 6.80. The number of carboxylic acids is 1. The molecule has 2 aromatic carbocycles. The van der Waals surface area contributed by atoms with Gasteiger partial charge in [0.1, 0.15) is 11.6 Å². The summed E-state index contributed by atoms with van der Waals surface area (Å²) in [6.45, 7) is 7.10. The largest absolute Gasteiger partial charge is 0.493 e. The summed E-state index contributed by atoms with van der Waals surface area (Å²) in [5.74, 6) is 0.788. The Labute approximate surface area is 187 Å². The lowest BCUT2D eigenvalue weighted by Gasteiger charge is -2.10. The predicted molar refractivity (Wildman–Crippen MR) is 121 cm³/mol. The number of anilines is 1. The molecule has 1 heterocycles. The van der Waals surface area contributed by atoms with E-state index in [1.807, 2.05) is 37.3 Å². The molecule has 32 heavy (non-hydrogen) atoms. The van der Waals surface area contributed by atoms with Crippen LogP contribution in [-0.2, 0) is 13.0 Å². The predicted octanol–water partition coefficient (Wildman–Crippen LogP) is 4.13. The van der Waals surface area contributed by atoms with Crippen LogP contribution in [0.25, 0.3) is 0 Å². The Morgan fingerprint density at radius 2 is 1.75 bits per heavy atom. The third-order valence-corrected chi connectivity index (χ3v) is 4.46. The Kier molecular flexibility index (Phi) is 8.14. The number of aromatic carboxylic acids is 1. The van der Waals surface area contributed by atoms with Gasteiger partial charge in [-0.2, -0.15) is 15.0 Å². The topological polar surface area (TPSA) is 106 Å². The lowest BCUT2D eigenvalue weighted by molar-refractivity contribution is 0.0697. The van der Waals surface area contributed by atoms with E-state index in [2.05, 4.69) is 26.8 Å². The Morgan fingerprint density at radius 1 is 1.03 bits per heavy atom. The second-order valence-corrected chi connectivity index (χ2v) is 6.89. The maximum atomic E-state index is 11.0. The molecule has 0 radical (unpaired) electrons.